The second kappa shape index (κ2) is 12.1. The van der Waals surface area contributed by atoms with Crippen LogP contribution in [0.2, 0.25) is 0 Å². The maximum Gasteiger partial charge on any atom is 0.161 e. The highest BCUT2D eigenvalue weighted by Gasteiger charge is 2.29. The Bertz CT molecular complexity index is 1390. The summed E-state index contributed by atoms with van der Waals surface area (Å²) in [5.74, 6) is 2.63. The van der Waals surface area contributed by atoms with Gasteiger partial charge in [0.1, 0.15) is 5.82 Å². The maximum absolute atomic E-state index is 5.66. The number of rotatable bonds is 9. The highest BCUT2D eigenvalue weighted by Crippen LogP contribution is 2.39. The van der Waals surface area contributed by atoms with E-state index in [9.17, 15) is 0 Å². The van der Waals surface area contributed by atoms with Crippen molar-refractivity contribution < 1.29 is 9.47 Å². The molecule has 0 aliphatic carbocycles. The number of hydrogen-bond donors (Lipinski definition) is 0. The lowest BCUT2D eigenvalue weighted by atomic mass is 9.94. The van der Waals surface area contributed by atoms with E-state index in [-0.39, 0.29) is 0 Å². The molecule has 0 saturated carbocycles. The van der Waals surface area contributed by atoms with Gasteiger partial charge in [0, 0.05) is 30.8 Å². The van der Waals surface area contributed by atoms with Gasteiger partial charge in [-0.25, -0.2) is 4.98 Å². The Morgan fingerprint density at radius 1 is 0.846 bits per heavy atom. The Hall–Kier alpha value is -3.57. The fourth-order valence-corrected chi connectivity index (χ4v) is 6.10. The molecule has 0 radical (unpaired) electrons. The third-order valence-electron chi connectivity index (χ3n) is 8.24. The largest absolute Gasteiger partial charge is 0.493 e. The molecule has 1 atom stereocenters. The summed E-state index contributed by atoms with van der Waals surface area (Å²) >= 11 is 0. The van der Waals surface area contributed by atoms with Gasteiger partial charge in [0.2, 0.25) is 0 Å². The van der Waals surface area contributed by atoms with Gasteiger partial charge in [0.15, 0.2) is 11.5 Å². The van der Waals surface area contributed by atoms with Crippen molar-refractivity contribution in [3.8, 4) is 34.1 Å². The lowest BCUT2D eigenvalue weighted by Gasteiger charge is -2.36. The summed E-state index contributed by atoms with van der Waals surface area (Å²) in [6.07, 6.45) is 5.52. The zero-order chi connectivity index (χ0) is 27.4. The summed E-state index contributed by atoms with van der Waals surface area (Å²) in [5.41, 5.74) is 8.80. The van der Waals surface area contributed by atoms with Crippen molar-refractivity contribution in [1.82, 2.24) is 14.5 Å². The average Bonchev–Trinajstić information content (AvgIpc) is 3.31. The number of aryl methyl sites for hydroxylation is 2. The molecule has 5 nitrogen and oxygen atoms in total. The van der Waals surface area contributed by atoms with E-state index in [1.54, 1.807) is 14.2 Å². The number of hydrogen-bond acceptors (Lipinski definition) is 4. The van der Waals surface area contributed by atoms with Crippen LogP contribution in [-0.4, -0.2) is 35.2 Å². The zero-order valence-electron chi connectivity index (χ0n) is 24.0. The topological polar surface area (TPSA) is 39.5 Å². The van der Waals surface area contributed by atoms with E-state index in [1.807, 2.05) is 6.07 Å². The van der Waals surface area contributed by atoms with Gasteiger partial charge < -0.3 is 14.0 Å². The van der Waals surface area contributed by atoms with Gasteiger partial charge in [-0.15, -0.1) is 0 Å². The molecule has 2 heterocycles. The van der Waals surface area contributed by atoms with Gasteiger partial charge >= 0.3 is 0 Å². The molecule has 0 N–H and O–H groups in total. The Morgan fingerprint density at radius 2 is 1.56 bits per heavy atom. The second-order valence-electron chi connectivity index (χ2n) is 10.4. The molecule has 5 heteroatoms. The number of piperidine rings is 1. The molecule has 39 heavy (non-hydrogen) atoms. The average molecular weight is 524 g/mol. The summed E-state index contributed by atoms with van der Waals surface area (Å²) in [7, 11) is 5.60. The van der Waals surface area contributed by atoms with Crippen LogP contribution in [-0.2, 0) is 26.4 Å². The predicted octanol–water partition coefficient (Wildman–Crippen LogP) is 7.62. The van der Waals surface area contributed by atoms with Crippen molar-refractivity contribution in [3.63, 3.8) is 0 Å². The molecule has 204 valence electrons. The minimum atomic E-state index is 0.315. The van der Waals surface area contributed by atoms with Crippen molar-refractivity contribution in [2.45, 2.75) is 58.5 Å². The molecule has 1 aliphatic heterocycles. The zero-order valence-corrected chi connectivity index (χ0v) is 24.0. The van der Waals surface area contributed by atoms with Gasteiger partial charge in [0.05, 0.1) is 25.6 Å². The third-order valence-corrected chi connectivity index (χ3v) is 8.24. The molecule has 1 aromatic heterocycles. The van der Waals surface area contributed by atoms with Crippen LogP contribution >= 0.6 is 0 Å². The smallest absolute Gasteiger partial charge is 0.161 e. The van der Waals surface area contributed by atoms with Crippen molar-refractivity contribution in [3.05, 3.63) is 89.1 Å². The number of methoxy groups -OCH3 is 2. The van der Waals surface area contributed by atoms with E-state index in [0.29, 0.717) is 6.04 Å². The number of nitrogens with zero attached hydrogens (tertiary/aromatic N) is 3. The molecule has 0 spiro atoms. The van der Waals surface area contributed by atoms with Crippen LogP contribution in [0.3, 0.4) is 0 Å². The Labute approximate surface area is 233 Å². The standard InChI is InChI=1S/C34H41N3O2/c1-6-24-16-13-17-25(7-2)32(24)34-35-33(26-14-9-8-10-15-26)29(36(34)3)23-37-21-12-11-18-28(37)27-19-20-30(38-4)31(22-27)39-5/h8-10,13-17,19-20,22,28H,6-7,11-12,18,21,23H2,1-5H3. The molecule has 0 bridgehead atoms. The lowest BCUT2D eigenvalue weighted by Crippen LogP contribution is -2.33. The van der Waals surface area contributed by atoms with Crippen LogP contribution in [0.4, 0.5) is 0 Å². The van der Waals surface area contributed by atoms with E-state index in [2.05, 4.69) is 91.0 Å². The first-order valence-electron chi connectivity index (χ1n) is 14.3. The summed E-state index contributed by atoms with van der Waals surface area (Å²) in [6, 6.07) is 24.1. The minimum absolute atomic E-state index is 0.315. The summed E-state index contributed by atoms with van der Waals surface area (Å²) in [4.78, 5) is 8.01. The second-order valence-corrected chi connectivity index (χ2v) is 10.4. The third kappa shape index (κ3) is 5.33. The summed E-state index contributed by atoms with van der Waals surface area (Å²) < 4.78 is 13.5. The van der Waals surface area contributed by atoms with Crippen LogP contribution < -0.4 is 9.47 Å². The molecule has 4 aromatic rings. The highest BCUT2D eigenvalue weighted by molar-refractivity contribution is 5.72. The highest BCUT2D eigenvalue weighted by atomic mass is 16.5. The van der Waals surface area contributed by atoms with Crippen LogP contribution in [0.15, 0.2) is 66.7 Å². The molecular weight excluding hydrogens is 482 g/mol. The van der Waals surface area contributed by atoms with Gasteiger partial charge in [-0.1, -0.05) is 74.9 Å². The van der Waals surface area contributed by atoms with Crippen molar-refractivity contribution >= 4 is 0 Å². The van der Waals surface area contributed by atoms with E-state index >= 15 is 0 Å². The minimum Gasteiger partial charge on any atom is -0.493 e. The Morgan fingerprint density at radius 3 is 2.23 bits per heavy atom. The van der Waals surface area contributed by atoms with Gasteiger partial charge in [-0.3, -0.25) is 4.90 Å². The van der Waals surface area contributed by atoms with E-state index in [0.717, 1.165) is 55.4 Å². The van der Waals surface area contributed by atoms with Crippen LogP contribution in [0, 0.1) is 0 Å². The molecule has 1 aliphatic rings. The first-order chi connectivity index (χ1) is 19.1. The fourth-order valence-electron chi connectivity index (χ4n) is 6.10. The molecule has 5 rings (SSSR count). The lowest BCUT2D eigenvalue weighted by molar-refractivity contribution is 0.137. The van der Waals surface area contributed by atoms with Gasteiger partial charge in [0.25, 0.3) is 0 Å². The van der Waals surface area contributed by atoms with Crippen molar-refractivity contribution in [1.29, 1.82) is 0 Å². The van der Waals surface area contributed by atoms with Gasteiger partial charge in [-0.05, 0) is 61.1 Å². The fraction of sp³-hybridized carbons (Fsp3) is 0.382. The van der Waals surface area contributed by atoms with E-state index in [1.165, 1.54) is 46.4 Å². The van der Waals surface area contributed by atoms with Crippen LogP contribution in [0.5, 0.6) is 11.5 Å². The number of aromatic nitrogens is 2. The first-order valence-corrected chi connectivity index (χ1v) is 14.3. The van der Waals surface area contributed by atoms with E-state index in [4.69, 9.17) is 14.5 Å². The van der Waals surface area contributed by atoms with E-state index < -0.39 is 0 Å². The number of likely N-dealkylation sites (tertiary alicyclic amines) is 1. The summed E-state index contributed by atoms with van der Waals surface area (Å²) in [6.45, 7) is 6.37. The van der Waals surface area contributed by atoms with Crippen molar-refractivity contribution in [2.24, 2.45) is 7.05 Å². The normalized spacial score (nSPS) is 15.9. The van der Waals surface area contributed by atoms with Crippen LogP contribution in [0.25, 0.3) is 22.6 Å². The predicted molar refractivity (Wildman–Crippen MR) is 159 cm³/mol. The Kier molecular flexibility index (Phi) is 8.37. The van der Waals surface area contributed by atoms with Gasteiger partial charge in [-0.2, -0.15) is 0 Å². The SMILES string of the molecule is CCc1cccc(CC)c1-c1nc(-c2ccccc2)c(CN2CCCCC2c2ccc(OC)c(OC)c2)n1C. The number of imidazole rings is 1. The first kappa shape index (κ1) is 27.0. The Balaban J connectivity index is 1.60. The molecule has 1 unspecified atom stereocenters. The molecule has 1 saturated heterocycles. The monoisotopic (exact) mass is 523 g/mol. The summed E-state index contributed by atoms with van der Waals surface area (Å²) in [5, 5.41) is 0. The maximum atomic E-state index is 5.66. The number of benzene rings is 3. The molecule has 3 aromatic carbocycles. The van der Waals surface area contributed by atoms with Crippen molar-refractivity contribution in [2.75, 3.05) is 20.8 Å². The molecular formula is C34H41N3O2. The quantitative estimate of drug-likeness (QED) is 0.226. The number of ether oxygens (including phenoxy) is 2. The molecule has 0 amide bonds. The molecule has 1 fully saturated rings. The van der Waals surface area contributed by atoms with Crippen LogP contribution in [0.1, 0.15) is 61.5 Å².